The molecule has 1 aliphatic heterocycles. The predicted octanol–water partition coefficient (Wildman–Crippen LogP) is 3.25. The number of halogens is 1. The fourth-order valence-corrected chi connectivity index (χ4v) is 3.46. The molecule has 1 saturated heterocycles. The molecule has 23 heavy (non-hydrogen) atoms. The molecule has 1 atom stereocenters. The molecule has 0 aliphatic carbocycles. The third-order valence-corrected chi connectivity index (χ3v) is 5.13. The second-order valence-corrected chi connectivity index (χ2v) is 7.58. The lowest BCUT2D eigenvalue weighted by Gasteiger charge is -2.29. The summed E-state index contributed by atoms with van der Waals surface area (Å²) in [6, 6.07) is 0. The zero-order valence-electron chi connectivity index (χ0n) is 14.3. The number of carbonyl (C=O) groups is 1. The molecule has 0 spiro atoms. The van der Waals surface area contributed by atoms with Gasteiger partial charge in [-0.25, -0.2) is 4.98 Å². The lowest BCUT2D eigenvalue weighted by molar-refractivity contribution is -0.120. The number of likely N-dealkylation sites (tertiary alicyclic amines) is 1. The van der Waals surface area contributed by atoms with Crippen LogP contribution in [0.25, 0.3) is 0 Å². The molecule has 132 valence electrons. The SMILES string of the molecule is CCCC(C)(N)C(=O)Nc1nc(CN2CCC(C)CC2)cs1.Cl. The van der Waals surface area contributed by atoms with Crippen molar-refractivity contribution in [2.45, 2.75) is 58.5 Å². The zero-order chi connectivity index (χ0) is 16.2. The number of hydrogen-bond acceptors (Lipinski definition) is 5. The van der Waals surface area contributed by atoms with Gasteiger partial charge in [-0.2, -0.15) is 0 Å². The van der Waals surface area contributed by atoms with Crippen LogP contribution >= 0.6 is 23.7 Å². The highest BCUT2D eigenvalue weighted by molar-refractivity contribution is 7.13. The molecule has 0 bridgehead atoms. The van der Waals surface area contributed by atoms with Crippen molar-refractivity contribution >= 4 is 34.8 Å². The summed E-state index contributed by atoms with van der Waals surface area (Å²) >= 11 is 1.48. The Morgan fingerprint density at radius 2 is 2.17 bits per heavy atom. The number of anilines is 1. The summed E-state index contributed by atoms with van der Waals surface area (Å²) in [5.41, 5.74) is 6.25. The summed E-state index contributed by atoms with van der Waals surface area (Å²) < 4.78 is 0. The van der Waals surface area contributed by atoms with E-state index in [1.54, 1.807) is 6.92 Å². The molecular formula is C16H29ClN4OS. The summed E-state index contributed by atoms with van der Waals surface area (Å²) in [4.78, 5) is 19.1. The van der Waals surface area contributed by atoms with Gasteiger partial charge in [0.15, 0.2) is 5.13 Å². The van der Waals surface area contributed by atoms with Crippen molar-refractivity contribution in [1.82, 2.24) is 9.88 Å². The first-order valence-electron chi connectivity index (χ1n) is 8.18. The van der Waals surface area contributed by atoms with E-state index in [9.17, 15) is 4.79 Å². The number of nitrogens with zero attached hydrogens (tertiary/aromatic N) is 2. The van der Waals surface area contributed by atoms with E-state index in [1.165, 1.54) is 24.2 Å². The Balaban J connectivity index is 0.00000264. The van der Waals surface area contributed by atoms with E-state index in [0.29, 0.717) is 11.6 Å². The zero-order valence-corrected chi connectivity index (χ0v) is 15.9. The van der Waals surface area contributed by atoms with Gasteiger partial charge in [0.05, 0.1) is 11.2 Å². The first-order valence-corrected chi connectivity index (χ1v) is 9.05. The molecule has 1 aliphatic rings. The average molecular weight is 361 g/mol. The number of hydrogen-bond donors (Lipinski definition) is 2. The number of piperidine rings is 1. The Bertz CT molecular complexity index is 498. The second-order valence-electron chi connectivity index (χ2n) is 6.72. The minimum absolute atomic E-state index is 0. The monoisotopic (exact) mass is 360 g/mol. The second kappa shape index (κ2) is 8.97. The number of rotatable bonds is 6. The van der Waals surface area contributed by atoms with Crippen molar-refractivity contribution in [2.75, 3.05) is 18.4 Å². The first kappa shape index (κ1) is 20.4. The lowest BCUT2D eigenvalue weighted by Crippen LogP contribution is -2.48. The summed E-state index contributed by atoms with van der Waals surface area (Å²) in [7, 11) is 0. The molecule has 0 saturated carbocycles. The van der Waals surface area contributed by atoms with Crippen LogP contribution in [0.4, 0.5) is 5.13 Å². The molecule has 1 amide bonds. The van der Waals surface area contributed by atoms with Crippen LogP contribution in [-0.2, 0) is 11.3 Å². The molecule has 0 radical (unpaired) electrons. The summed E-state index contributed by atoms with van der Waals surface area (Å²) in [6.07, 6.45) is 4.08. The number of amides is 1. The van der Waals surface area contributed by atoms with Crippen LogP contribution in [0, 0.1) is 5.92 Å². The van der Waals surface area contributed by atoms with Gasteiger partial charge in [-0.1, -0.05) is 20.3 Å². The maximum atomic E-state index is 12.2. The van der Waals surface area contributed by atoms with Crippen LogP contribution in [-0.4, -0.2) is 34.4 Å². The van der Waals surface area contributed by atoms with Gasteiger partial charge in [-0.15, -0.1) is 23.7 Å². The topological polar surface area (TPSA) is 71.2 Å². The van der Waals surface area contributed by atoms with E-state index in [1.807, 2.05) is 12.3 Å². The number of carbonyl (C=O) groups excluding carboxylic acids is 1. The highest BCUT2D eigenvalue weighted by Gasteiger charge is 2.28. The van der Waals surface area contributed by atoms with Gasteiger partial charge < -0.3 is 11.1 Å². The third kappa shape index (κ3) is 6.03. The summed E-state index contributed by atoms with van der Waals surface area (Å²) in [5, 5.41) is 5.54. The van der Waals surface area contributed by atoms with Gasteiger partial charge in [0, 0.05) is 11.9 Å². The smallest absolute Gasteiger partial charge is 0.245 e. The number of nitrogens with two attached hydrogens (primary N) is 1. The molecule has 0 aromatic carbocycles. The fraction of sp³-hybridized carbons (Fsp3) is 0.750. The van der Waals surface area contributed by atoms with E-state index in [4.69, 9.17) is 5.73 Å². The highest BCUT2D eigenvalue weighted by Crippen LogP contribution is 2.22. The van der Waals surface area contributed by atoms with Crippen LogP contribution in [0.1, 0.15) is 52.1 Å². The fourth-order valence-electron chi connectivity index (χ4n) is 2.76. The van der Waals surface area contributed by atoms with Gasteiger partial charge in [0.25, 0.3) is 0 Å². The van der Waals surface area contributed by atoms with Crippen molar-refractivity contribution in [3.8, 4) is 0 Å². The first-order chi connectivity index (χ1) is 10.4. The Kier molecular flexibility index (Phi) is 7.94. The normalized spacial score (nSPS) is 19.0. The van der Waals surface area contributed by atoms with Crippen LogP contribution in [0.2, 0.25) is 0 Å². The summed E-state index contributed by atoms with van der Waals surface area (Å²) in [6.45, 7) is 9.26. The standard InChI is InChI=1S/C16H28N4OS.ClH/c1-4-7-16(3,17)14(21)19-15-18-13(11-22-15)10-20-8-5-12(2)6-9-20;/h11-12H,4-10,17H2,1-3H3,(H,18,19,21);1H. The Labute approximate surface area is 149 Å². The molecule has 3 N–H and O–H groups in total. The van der Waals surface area contributed by atoms with Gasteiger partial charge in [0.1, 0.15) is 0 Å². The van der Waals surface area contributed by atoms with Crippen LogP contribution < -0.4 is 11.1 Å². The third-order valence-electron chi connectivity index (χ3n) is 4.32. The molecule has 2 heterocycles. The van der Waals surface area contributed by atoms with E-state index in [2.05, 4.69) is 22.1 Å². The van der Waals surface area contributed by atoms with Gasteiger partial charge in [-0.3, -0.25) is 9.69 Å². The molecule has 1 aromatic rings. The maximum Gasteiger partial charge on any atom is 0.245 e. The predicted molar refractivity (Wildman–Crippen MR) is 99.2 cm³/mol. The molecule has 5 nitrogen and oxygen atoms in total. The van der Waals surface area contributed by atoms with Gasteiger partial charge in [-0.05, 0) is 45.2 Å². The van der Waals surface area contributed by atoms with Crippen LogP contribution in [0.3, 0.4) is 0 Å². The Morgan fingerprint density at radius 3 is 2.78 bits per heavy atom. The highest BCUT2D eigenvalue weighted by atomic mass is 35.5. The molecule has 7 heteroatoms. The number of nitrogens with one attached hydrogen (secondary N) is 1. The van der Waals surface area contributed by atoms with Gasteiger partial charge in [0.2, 0.25) is 5.91 Å². The number of thiazole rings is 1. The Morgan fingerprint density at radius 1 is 1.52 bits per heavy atom. The Hall–Kier alpha value is -0.690. The molecule has 1 aromatic heterocycles. The molecule has 2 rings (SSSR count). The van der Waals surface area contributed by atoms with E-state index in [0.717, 1.165) is 37.7 Å². The van der Waals surface area contributed by atoms with E-state index in [-0.39, 0.29) is 18.3 Å². The molecule has 1 unspecified atom stereocenters. The van der Waals surface area contributed by atoms with E-state index >= 15 is 0 Å². The summed E-state index contributed by atoms with van der Waals surface area (Å²) in [5.74, 6) is 0.685. The largest absolute Gasteiger partial charge is 0.318 e. The maximum absolute atomic E-state index is 12.2. The van der Waals surface area contributed by atoms with Crippen LogP contribution in [0.15, 0.2) is 5.38 Å². The van der Waals surface area contributed by atoms with Crippen molar-refractivity contribution in [1.29, 1.82) is 0 Å². The van der Waals surface area contributed by atoms with E-state index < -0.39 is 5.54 Å². The minimum atomic E-state index is -0.830. The van der Waals surface area contributed by atoms with Crippen molar-refractivity contribution in [3.63, 3.8) is 0 Å². The van der Waals surface area contributed by atoms with Gasteiger partial charge >= 0.3 is 0 Å². The average Bonchev–Trinajstić information content (AvgIpc) is 2.88. The quantitative estimate of drug-likeness (QED) is 0.816. The molecule has 1 fully saturated rings. The van der Waals surface area contributed by atoms with Crippen LogP contribution in [0.5, 0.6) is 0 Å². The number of aromatic nitrogens is 1. The lowest BCUT2D eigenvalue weighted by atomic mass is 9.97. The van der Waals surface area contributed by atoms with Crippen molar-refractivity contribution in [2.24, 2.45) is 11.7 Å². The van der Waals surface area contributed by atoms with Crippen molar-refractivity contribution in [3.05, 3.63) is 11.1 Å². The molecular weight excluding hydrogens is 332 g/mol. The minimum Gasteiger partial charge on any atom is -0.318 e. The van der Waals surface area contributed by atoms with Crippen molar-refractivity contribution < 1.29 is 4.79 Å².